The Kier molecular flexibility index (Phi) is 4.73. The Morgan fingerprint density at radius 1 is 1.00 bits per heavy atom. The number of piperidine rings is 1. The lowest BCUT2D eigenvalue weighted by Crippen LogP contribution is -2.34. The van der Waals surface area contributed by atoms with E-state index in [2.05, 4.69) is 4.90 Å². The molecular formula is C22H22ClFN2. The number of nitrogen functional groups attached to an aromatic ring is 1. The first-order valence-corrected chi connectivity index (χ1v) is 9.46. The molecule has 4 rings (SSSR count). The quantitative estimate of drug-likeness (QED) is 0.603. The first-order chi connectivity index (χ1) is 12.6. The Balaban J connectivity index is 1.47. The van der Waals surface area contributed by atoms with E-state index in [1.807, 2.05) is 48.5 Å². The molecule has 0 unspecified atom stereocenters. The average molecular weight is 369 g/mol. The molecule has 1 heterocycles. The van der Waals surface area contributed by atoms with E-state index >= 15 is 0 Å². The molecule has 134 valence electrons. The third kappa shape index (κ3) is 3.36. The van der Waals surface area contributed by atoms with Crippen LogP contribution < -0.4 is 10.6 Å². The van der Waals surface area contributed by atoms with Crippen molar-refractivity contribution in [2.75, 3.05) is 23.7 Å². The summed E-state index contributed by atoms with van der Waals surface area (Å²) in [5.74, 6) is 0.463. The minimum atomic E-state index is -0.142. The smallest absolute Gasteiger partial charge is 0.131 e. The fourth-order valence-corrected chi connectivity index (χ4v) is 4.28. The Morgan fingerprint density at radius 3 is 2.46 bits per heavy atom. The molecule has 0 radical (unpaired) electrons. The number of nitrogens with zero attached hydrogens (tertiary/aromatic N) is 1. The largest absolute Gasteiger partial charge is 0.399 e. The summed E-state index contributed by atoms with van der Waals surface area (Å²) in [6.07, 6.45) is 3.20. The fourth-order valence-electron chi connectivity index (χ4n) is 3.97. The first-order valence-electron chi connectivity index (χ1n) is 9.08. The third-order valence-electron chi connectivity index (χ3n) is 5.40. The SMILES string of the molecule is Nc1ccc(N2CCC(Cc3ccc(F)c4ccccc34)CC2)c(Cl)c1. The van der Waals surface area contributed by atoms with E-state index in [1.165, 1.54) is 5.56 Å². The summed E-state index contributed by atoms with van der Waals surface area (Å²) >= 11 is 6.35. The van der Waals surface area contributed by atoms with Crippen molar-refractivity contribution < 1.29 is 4.39 Å². The summed E-state index contributed by atoms with van der Waals surface area (Å²) in [4.78, 5) is 2.33. The van der Waals surface area contributed by atoms with Gasteiger partial charge in [-0.15, -0.1) is 0 Å². The van der Waals surface area contributed by atoms with Crippen molar-refractivity contribution in [3.8, 4) is 0 Å². The van der Waals surface area contributed by atoms with Crippen LogP contribution in [0.25, 0.3) is 10.8 Å². The van der Waals surface area contributed by atoms with E-state index in [9.17, 15) is 4.39 Å². The summed E-state index contributed by atoms with van der Waals surface area (Å²) in [6, 6.07) is 17.0. The van der Waals surface area contributed by atoms with Gasteiger partial charge in [-0.05, 0) is 60.4 Å². The normalized spacial score (nSPS) is 15.5. The number of hydrogen-bond acceptors (Lipinski definition) is 2. The second-order valence-corrected chi connectivity index (χ2v) is 7.50. The summed E-state index contributed by atoms with van der Waals surface area (Å²) in [5, 5.41) is 2.47. The van der Waals surface area contributed by atoms with Crippen LogP contribution in [0.1, 0.15) is 18.4 Å². The highest BCUT2D eigenvalue weighted by atomic mass is 35.5. The molecule has 1 saturated heterocycles. The lowest BCUT2D eigenvalue weighted by molar-refractivity contribution is 0.404. The second kappa shape index (κ2) is 7.16. The zero-order chi connectivity index (χ0) is 18.1. The van der Waals surface area contributed by atoms with Crippen molar-refractivity contribution in [2.45, 2.75) is 19.3 Å². The molecule has 0 atom stereocenters. The standard InChI is InChI=1S/C22H22ClFN2/c23-20-14-17(25)6-8-22(20)26-11-9-15(10-12-26)13-16-5-7-21(24)19-4-2-1-3-18(16)19/h1-8,14-15H,9-13,25H2. The zero-order valence-electron chi connectivity index (χ0n) is 14.6. The summed E-state index contributed by atoms with van der Waals surface area (Å²) in [6.45, 7) is 1.96. The topological polar surface area (TPSA) is 29.3 Å². The molecule has 3 aromatic carbocycles. The monoisotopic (exact) mass is 368 g/mol. The van der Waals surface area contributed by atoms with Gasteiger partial charge in [-0.1, -0.05) is 41.9 Å². The van der Waals surface area contributed by atoms with Crippen molar-refractivity contribution >= 4 is 33.7 Å². The van der Waals surface area contributed by atoms with Crippen LogP contribution in [0.15, 0.2) is 54.6 Å². The molecular weight excluding hydrogens is 347 g/mol. The predicted molar refractivity (Wildman–Crippen MR) is 108 cm³/mol. The van der Waals surface area contributed by atoms with E-state index in [0.717, 1.165) is 48.8 Å². The highest BCUT2D eigenvalue weighted by Crippen LogP contribution is 2.33. The summed E-state index contributed by atoms with van der Waals surface area (Å²) in [7, 11) is 0. The number of benzene rings is 3. The molecule has 1 aliphatic rings. The van der Waals surface area contributed by atoms with Gasteiger partial charge in [-0.2, -0.15) is 0 Å². The zero-order valence-corrected chi connectivity index (χ0v) is 15.3. The molecule has 0 saturated carbocycles. The van der Waals surface area contributed by atoms with Crippen molar-refractivity contribution in [1.82, 2.24) is 0 Å². The van der Waals surface area contributed by atoms with Gasteiger partial charge in [-0.3, -0.25) is 0 Å². The van der Waals surface area contributed by atoms with E-state index in [4.69, 9.17) is 17.3 Å². The van der Waals surface area contributed by atoms with Crippen LogP contribution >= 0.6 is 11.6 Å². The molecule has 26 heavy (non-hydrogen) atoms. The number of halogens is 2. The first kappa shape index (κ1) is 17.2. The molecule has 0 aliphatic carbocycles. The van der Waals surface area contributed by atoms with E-state index in [-0.39, 0.29) is 5.82 Å². The van der Waals surface area contributed by atoms with Gasteiger partial charge in [0.25, 0.3) is 0 Å². The number of anilines is 2. The number of hydrogen-bond donors (Lipinski definition) is 1. The van der Waals surface area contributed by atoms with Crippen LogP contribution in [0.2, 0.25) is 5.02 Å². The minimum Gasteiger partial charge on any atom is -0.399 e. The van der Waals surface area contributed by atoms with Crippen LogP contribution in [-0.4, -0.2) is 13.1 Å². The second-order valence-electron chi connectivity index (χ2n) is 7.10. The van der Waals surface area contributed by atoms with Crippen LogP contribution in [0.4, 0.5) is 15.8 Å². The molecule has 2 N–H and O–H groups in total. The van der Waals surface area contributed by atoms with Gasteiger partial charge in [0, 0.05) is 24.2 Å². The van der Waals surface area contributed by atoms with Crippen LogP contribution in [0.5, 0.6) is 0 Å². The summed E-state index contributed by atoms with van der Waals surface area (Å²) in [5.41, 5.74) is 8.79. The van der Waals surface area contributed by atoms with Crippen LogP contribution in [0.3, 0.4) is 0 Å². The van der Waals surface area contributed by atoms with Crippen molar-refractivity contribution in [3.63, 3.8) is 0 Å². The maximum Gasteiger partial charge on any atom is 0.131 e. The van der Waals surface area contributed by atoms with E-state index in [1.54, 1.807) is 6.07 Å². The Bertz CT molecular complexity index is 933. The Labute approximate surface area is 158 Å². The highest BCUT2D eigenvalue weighted by molar-refractivity contribution is 6.33. The average Bonchev–Trinajstić information content (AvgIpc) is 2.65. The van der Waals surface area contributed by atoms with Crippen LogP contribution in [-0.2, 0) is 6.42 Å². The Hall–Kier alpha value is -2.26. The third-order valence-corrected chi connectivity index (χ3v) is 5.70. The predicted octanol–water partition coefficient (Wildman–Crippen LogP) is 5.67. The number of rotatable bonds is 3. The van der Waals surface area contributed by atoms with Gasteiger partial charge in [0.15, 0.2) is 0 Å². The van der Waals surface area contributed by atoms with Crippen molar-refractivity contribution in [1.29, 1.82) is 0 Å². The molecule has 3 aromatic rings. The molecule has 0 spiro atoms. The van der Waals surface area contributed by atoms with Gasteiger partial charge >= 0.3 is 0 Å². The molecule has 0 aromatic heterocycles. The Morgan fingerprint density at radius 2 is 1.73 bits per heavy atom. The van der Waals surface area contributed by atoms with Gasteiger partial charge in [-0.25, -0.2) is 4.39 Å². The van der Waals surface area contributed by atoms with Gasteiger partial charge in [0.1, 0.15) is 5.82 Å². The van der Waals surface area contributed by atoms with Crippen molar-refractivity contribution in [2.24, 2.45) is 5.92 Å². The van der Waals surface area contributed by atoms with Gasteiger partial charge < -0.3 is 10.6 Å². The van der Waals surface area contributed by atoms with Crippen LogP contribution in [0, 0.1) is 11.7 Å². The molecule has 4 heteroatoms. The lowest BCUT2D eigenvalue weighted by Gasteiger charge is -2.34. The number of fused-ring (bicyclic) bond motifs is 1. The lowest BCUT2D eigenvalue weighted by atomic mass is 9.88. The highest BCUT2D eigenvalue weighted by Gasteiger charge is 2.22. The maximum absolute atomic E-state index is 14.0. The van der Waals surface area contributed by atoms with Gasteiger partial charge in [0.05, 0.1) is 10.7 Å². The van der Waals surface area contributed by atoms with Crippen molar-refractivity contribution in [3.05, 3.63) is 71.0 Å². The molecule has 0 amide bonds. The van der Waals surface area contributed by atoms with Gasteiger partial charge in [0.2, 0.25) is 0 Å². The molecule has 1 aliphatic heterocycles. The molecule has 0 bridgehead atoms. The maximum atomic E-state index is 14.0. The van der Waals surface area contributed by atoms with E-state index < -0.39 is 0 Å². The molecule has 2 nitrogen and oxygen atoms in total. The molecule has 1 fully saturated rings. The fraction of sp³-hybridized carbons (Fsp3) is 0.273. The minimum absolute atomic E-state index is 0.142. The summed E-state index contributed by atoms with van der Waals surface area (Å²) < 4.78 is 14.0. The van der Waals surface area contributed by atoms with E-state index in [0.29, 0.717) is 16.6 Å². The number of nitrogens with two attached hydrogens (primary N) is 1.